The molecular formula is C22H20N6O2. The van der Waals surface area contributed by atoms with Crippen LogP contribution in [0.1, 0.15) is 11.3 Å². The minimum atomic E-state index is 0.295. The fourth-order valence-electron chi connectivity index (χ4n) is 3.65. The smallest absolute Gasteiger partial charge is 0.266 e. The molecule has 1 saturated heterocycles. The second-order valence-electron chi connectivity index (χ2n) is 7.14. The van der Waals surface area contributed by atoms with E-state index in [0.29, 0.717) is 23.2 Å². The summed E-state index contributed by atoms with van der Waals surface area (Å²) < 4.78 is 13.1. The maximum atomic E-state index is 9.45. The molecule has 0 unspecified atom stereocenters. The van der Waals surface area contributed by atoms with Crippen LogP contribution in [0.5, 0.6) is 0 Å². The Bertz CT molecular complexity index is 1130. The van der Waals surface area contributed by atoms with Crippen molar-refractivity contribution < 1.29 is 8.83 Å². The van der Waals surface area contributed by atoms with Crippen LogP contribution in [0.15, 0.2) is 70.0 Å². The van der Waals surface area contributed by atoms with Crippen LogP contribution in [0.3, 0.4) is 0 Å². The fraction of sp³-hybridized carbons (Fsp3) is 0.227. The van der Waals surface area contributed by atoms with E-state index >= 15 is 0 Å². The third-order valence-electron chi connectivity index (χ3n) is 5.22. The Kier molecular flexibility index (Phi) is 4.79. The predicted molar refractivity (Wildman–Crippen MR) is 110 cm³/mol. The van der Waals surface area contributed by atoms with Crippen molar-refractivity contribution in [2.75, 3.05) is 31.1 Å². The number of benzene rings is 1. The van der Waals surface area contributed by atoms with Gasteiger partial charge >= 0.3 is 0 Å². The van der Waals surface area contributed by atoms with E-state index in [1.807, 2.05) is 16.9 Å². The quantitative estimate of drug-likeness (QED) is 0.508. The molecule has 0 saturated carbocycles. The number of furan rings is 1. The molecule has 0 radical (unpaired) electrons. The summed E-state index contributed by atoms with van der Waals surface area (Å²) in [7, 11) is 0. The van der Waals surface area contributed by atoms with Gasteiger partial charge in [-0.2, -0.15) is 15.3 Å². The summed E-state index contributed by atoms with van der Waals surface area (Å²) >= 11 is 0. The summed E-state index contributed by atoms with van der Waals surface area (Å²) in [4.78, 5) is 8.76. The highest BCUT2D eigenvalue weighted by atomic mass is 16.4. The van der Waals surface area contributed by atoms with Crippen LogP contribution in [-0.2, 0) is 6.54 Å². The van der Waals surface area contributed by atoms with Crippen LogP contribution in [-0.4, -0.2) is 45.8 Å². The van der Waals surface area contributed by atoms with Crippen molar-refractivity contribution >= 4 is 5.88 Å². The van der Waals surface area contributed by atoms with Crippen LogP contribution >= 0.6 is 0 Å². The lowest BCUT2D eigenvalue weighted by Crippen LogP contribution is -2.46. The first-order valence-corrected chi connectivity index (χ1v) is 9.81. The standard InChI is InChI=1S/C22H20N6O2/c23-15-19-22(30-21(25-19)20-3-1-14-29-20)27-12-10-26(11-13-27)16-17-4-6-18(7-5-17)28-9-2-8-24-28/h1-9,14H,10-13,16H2. The molecule has 0 N–H and O–H groups in total. The van der Waals surface area contributed by atoms with Gasteiger partial charge in [-0.3, -0.25) is 4.90 Å². The molecule has 1 aromatic carbocycles. The Balaban J connectivity index is 1.22. The second-order valence-corrected chi connectivity index (χ2v) is 7.14. The van der Waals surface area contributed by atoms with E-state index < -0.39 is 0 Å². The number of anilines is 1. The van der Waals surface area contributed by atoms with E-state index in [-0.39, 0.29) is 0 Å². The minimum Gasteiger partial charge on any atom is -0.459 e. The lowest BCUT2D eigenvalue weighted by Gasteiger charge is -2.34. The normalized spacial score (nSPS) is 14.7. The van der Waals surface area contributed by atoms with Crippen LogP contribution in [0.2, 0.25) is 0 Å². The molecule has 0 bridgehead atoms. The first-order chi connectivity index (χ1) is 14.8. The van der Waals surface area contributed by atoms with Gasteiger partial charge in [0, 0.05) is 45.1 Å². The highest BCUT2D eigenvalue weighted by Crippen LogP contribution is 2.29. The molecule has 0 atom stereocenters. The lowest BCUT2D eigenvalue weighted by molar-refractivity contribution is 0.246. The molecule has 8 nitrogen and oxygen atoms in total. The SMILES string of the molecule is N#Cc1nc(-c2ccco2)oc1N1CCN(Cc2ccc(-n3cccn3)cc2)CC1. The van der Waals surface area contributed by atoms with Crippen LogP contribution in [0.4, 0.5) is 5.88 Å². The molecule has 0 aliphatic carbocycles. The van der Waals surface area contributed by atoms with Gasteiger partial charge < -0.3 is 13.7 Å². The van der Waals surface area contributed by atoms with Gasteiger partial charge in [0.05, 0.1) is 12.0 Å². The Morgan fingerprint density at radius 1 is 1.03 bits per heavy atom. The monoisotopic (exact) mass is 400 g/mol. The predicted octanol–water partition coefficient (Wildman–Crippen LogP) is 3.31. The molecule has 1 aliphatic rings. The maximum Gasteiger partial charge on any atom is 0.266 e. The molecule has 150 valence electrons. The number of hydrogen-bond donors (Lipinski definition) is 0. The largest absolute Gasteiger partial charge is 0.459 e. The lowest BCUT2D eigenvalue weighted by atomic mass is 10.2. The number of nitrogens with zero attached hydrogens (tertiary/aromatic N) is 6. The number of hydrogen-bond acceptors (Lipinski definition) is 7. The van der Waals surface area contributed by atoms with E-state index in [4.69, 9.17) is 8.83 Å². The molecule has 4 heterocycles. The van der Waals surface area contributed by atoms with E-state index in [9.17, 15) is 5.26 Å². The first kappa shape index (κ1) is 18.2. The highest BCUT2D eigenvalue weighted by molar-refractivity contribution is 5.55. The molecule has 0 spiro atoms. The number of nitriles is 1. The summed E-state index contributed by atoms with van der Waals surface area (Å²) in [5.74, 6) is 1.38. The van der Waals surface area contributed by atoms with Gasteiger partial charge in [-0.25, -0.2) is 4.68 Å². The number of oxazole rings is 1. The van der Waals surface area contributed by atoms with Crippen LogP contribution in [0.25, 0.3) is 17.3 Å². The van der Waals surface area contributed by atoms with Gasteiger partial charge in [0.2, 0.25) is 11.6 Å². The summed E-state index contributed by atoms with van der Waals surface area (Å²) in [6.07, 6.45) is 5.27. The molecule has 5 rings (SSSR count). The molecular weight excluding hydrogens is 380 g/mol. The summed E-state index contributed by atoms with van der Waals surface area (Å²) in [6, 6.07) is 16.0. The maximum absolute atomic E-state index is 9.45. The topological polar surface area (TPSA) is 87.3 Å². The minimum absolute atomic E-state index is 0.295. The van der Waals surface area contributed by atoms with Gasteiger partial charge in [0.1, 0.15) is 6.07 Å². The van der Waals surface area contributed by atoms with Crippen LogP contribution < -0.4 is 4.90 Å². The van der Waals surface area contributed by atoms with E-state index in [1.165, 1.54) is 5.56 Å². The third-order valence-corrected chi connectivity index (χ3v) is 5.22. The van der Waals surface area contributed by atoms with E-state index in [0.717, 1.165) is 38.4 Å². The molecule has 4 aromatic rings. The number of aromatic nitrogens is 3. The molecule has 8 heteroatoms. The van der Waals surface area contributed by atoms with Crippen molar-refractivity contribution in [3.63, 3.8) is 0 Å². The fourth-order valence-corrected chi connectivity index (χ4v) is 3.65. The Morgan fingerprint density at radius 2 is 1.87 bits per heavy atom. The van der Waals surface area contributed by atoms with Gasteiger partial charge in [-0.15, -0.1) is 0 Å². The zero-order valence-electron chi connectivity index (χ0n) is 16.3. The third kappa shape index (κ3) is 3.58. The first-order valence-electron chi connectivity index (χ1n) is 9.81. The van der Waals surface area contributed by atoms with Crippen LogP contribution in [0, 0.1) is 11.3 Å². The zero-order chi connectivity index (χ0) is 20.3. The Labute approximate surface area is 173 Å². The van der Waals surface area contributed by atoms with Crippen molar-refractivity contribution in [3.8, 4) is 23.4 Å². The Morgan fingerprint density at radius 3 is 2.53 bits per heavy atom. The van der Waals surface area contributed by atoms with Gasteiger partial charge in [0.25, 0.3) is 5.89 Å². The van der Waals surface area contributed by atoms with Crippen molar-refractivity contribution in [1.82, 2.24) is 19.7 Å². The Hall–Kier alpha value is -3.83. The van der Waals surface area contributed by atoms with Crippen molar-refractivity contribution in [1.29, 1.82) is 5.26 Å². The average Bonchev–Trinajstić information content (AvgIpc) is 3.56. The van der Waals surface area contributed by atoms with Gasteiger partial charge in [-0.05, 0) is 35.9 Å². The van der Waals surface area contributed by atoms with E-state index in [1.54, 1.807) is 24.6 Å². The number of piperazine rings is 1. The number of rotatable bonds is 5. The average molecular weight is 400 g/mol. The summed E-state index contributed by atoms with van der Waals surface area (Å²) in [5.41, 5.74) is 2.61. The van der Waals surface area contributed by atoms with Gasteiger partial charge in [0.15, 0.2) is 5.76 Å². The molecule has 1 aliphatic heterocycles. The molecule has 1 fully saturated rings. The summed E-state index contributed by atoms with van der Waals surface area (Å²) in [5, 5.41) is 13.7. The van der Waals surface area contributed by atoms with Gasteiger partial charge in [-0.1, -0.05) is 12.1 Å². The molecule has 30 heavy (non-hydrogen) atoms. The zero-order valence-corrected chi connectivity index (χ0v) is 16.3. The van der Waals surface area contributed by atoms with Crippen molar-refractivity contribution in [2.45, 2.75) is 6.54 Å². The molecule has 3 aromatic heterocycles. The highest BCUT2D eigenvalue weighted by Gasteiger charge is 2.25. The summed E-state index contributed by atoms with van der Waals surface area (Å²) in [6.45, 7) is 4.18. The van der Waals surface area contributed by atoms with Crippen molar-refractivity contribution in [2.24, 2.45) is 0 Å². The second kappa shape index (κ2) is 7.89. The van der Waals surface area contributed by atoms with Crippen molar-refractivity contribution in [3.05, 3.63) is 72.4 Å². The molecule has 0 amide bonds. The van der Waals surface area contributed by atoms with E-state index in [2.05, 4.69) is 50.2 Å².